The van der Waals surface area contributed by atoms with Gasteiger partial charge in [-0.25, -0.2) is 0 Å². The second-order valence-electron chi connectivity index (χ2n) is 9.68. The molecule has 0 aliphatic heterocycles. The van der Waals surface area contributed by atoms with E-state index in [1.807, 2.05) is 35.2 Å². The molecule has 184 valence electrons. The normalized spacial score (nSPS) is 13.0. The molecule has 1 fully saturated rings. The maximum atomic E-state index is 13.6. The molecule has 0 bridgehead atoms. The van der Waals surface area contributed by atoms with E-state index in [-0.39, 0.29) is 30.3 Å². The van der Waals surface area contributed by atoms with E-state index in [9.17, 15) is 9.59 Å². The number of methoxy groups -OCH3 is 1. The van der Waals surface area contributed by atoms with Gasteiger partial charge in [-0.2, -0.15) is 0 Å². The number of ether oxygens (including phenoxy) is 1. The molecule has 2 aromatic carbocycles. The summed E-state index contributed by atoms with van der Waals surface area (Å²) in [5.41, 5.74) is 2.86. The number of aromatic nitrogens is 1. The van der Waals surface area contributed by atoms with Gasteiger partial charge in [0.25, 0.3) is 5.91 Å². The molecule has 6 nitrogen and oxygen atoms in total. The lowest BCUT2D eigenvalue weighted by molar-refractivity contribution is -0.133. The van der Waals surface area contributed by atoms with Crippen molar-refractivity contribution in [2.24, 2.45) is 5.92 Å². The second-order valence-corrected chi connectivity index (χ2v) is 9.68. The zero-order valence-corrected chi connectivity index (χ0v) is 20.9. The first kappa shape index (κ1) is 24.6. The Morgan fingerprint density at radius 1 is 1.03 bits per heavy atom. The lowest BCUT2D eigenvalue weighted by atomic mass is 10.1. The smallest absolute Gasteiger partial charge is 0.254 e. The van der Waals surface area contributed by atoms with Gasteiger partial charge in [-0.15, -0.1) is 0 Å². The molecule has 4 rings (SSSR count). The molecule has 2 amide bonds. The minimum absolute atomic E-state index is 0.00291. The summed E-state index contributed by atoms with van der Waals surface area (Å²) in [4.78, 5) is 30.6. The van der Waals surface area contributed by atoms with Crippen molar-refractivity contribution in [2.45, 2.75) is 45.8 Å². The summed E-state index contributed by atoms with van der Waals surface area (Å²) in [7, 11) is 1.58. The van der Waals surface area contributed by atoms with Crippen LogP contribution in [0.5, 0.6) is 5.75 Å². The fourth-order valence-corrected chi connectivity index (χ4v) is 4.36. The lowest BCUT2D eigenvalue weighted by Crippen LogP contribution is -2.45. The molecule has 1 heterocycles. The number of benzene rings is 2. The predicted molar refractivity (Wildman–Crippen MR) is 137 cm³/mol. The van der Waals surface area contributed by atoms with Gasteiger partial charge < -0.3 is 19.1 Å². The predicted octanol–water partition coefficient (Wildman–Crippen LogP) is 4.83. The summed E-state index contributed by atoms with van der Waals surface area (Å²) in [6, 6.07) is 21.8. The fraction of sp³-hybridized carbons (Fsp3) is 0.379. The topological polar surface area (TPSA) is 54.8 Å². The largest absolute Gasteiger partial charge is 0.497 e. The monoisotopic (exact) mass is 473 g/mol. The molecule has 3 aromatic rings. The van der Waals surface area contributed by atoms with Crippen molar-refractivity contribution in [2.75, 3.05) is 20.2 Å². The Balaban J connectivity index is 1.49. The standard InChI is InChI=1S/C29H35N3O3/c1-22(2)18-31(29(34)24-11-7-13-27(17-24)35-3)21-28(33)32(25-14-15-25)20-26-12-8-16-30(26)19-23-9-5-4-6-10-23/h4-13,16-17,22,25H,14-15,18-21H2,1-3H3. The Morgan fingerprint density at radius 2 is 1.80 bits per heavy atom. The van der Waals surface area contributed by atoms with Crippen LogP contribution in [0, 0.1) is 5.92 Å². The number of carbonyl (C=O) groups excluding carboxylic acids is 2. The molecule has 0 saturated heterocycles. The summed E-state index contributed by atoms with van der Waals surface area (Å²) in [5.74, 6) is 0.728. The van der Waals surface area contributed by atoms with E-state index in [1.54, 1.807) is 30.2 Å². The zero-order chi connectivity index (χ0) is 24.8. The number of amides is 2. The van der Waals surface area contributed by atoms with Gasteiger partial charge >= 0.3 is 0 Å². The van der Waals surface area contributed by atoms with Crippen LogP contribution in [0.3, 0.4) is 0 Å². The summed E-state index contributed by atoms with van der Waals surface area (Å²) in [6.07, 6.45) is 4.09. The quantitative estimate of drug-likeness (QED) is 0.401. The summed E-state index contributed by atoms with van der Waals surface area (Å²) < 4.78 is 7.49. The molecule has 0 radical (unpaired) electrons. The lowest BCUT2D eigenvalue weighted by Gasteiger charge is -2.29. The first-order valence-electron chi connectivity index (χ1n) is 12.4. The van der Waals surface area contributed by atoms with Crippen molar-refractivity contribution in [3.63, 3.8) is 0 Å². The summed E-state index contributed by atoms with van der Waals surface area (Å²) in [6.45, 7) is 6.03. The van der Waals surface area contributed by atoms with Gasteiger partial charge in [0.2, 0.25) is 5.91 Å². The van der Waals surface area contributed by atoms with Crippen molar-refractivity contribution in [1.29, 1.82) is 0 Å². The van der Waals surface area contributed by atoms with Gasteiger partial charge in [-0.05, 0) is 54.7 Å². The van der Waals surface area contributed by atoms with E-state index >= 15 is 0 Å². The van der Waals surface area contributed by atoms with Gasteiger partial charge in [0, 0.05) is 36.6 Å². The number of nitrogens with zero attached hydrogens (tertiary/aromatic N) is 3. The summed E-state index contributed by atoms with van der Waals surface area (Å²) in [5, 5.41) is 0. The van der Waals surface area contributed by atoms with Crippen molar-refractivity contribution in [3.05, 3.63) is 89.7 Å². The molecule has 35 heavy (non-hydrogen) atoms. The molecule has 0 N–H and O–H groups in total. The first-order valence-corrected chi connectivity index (χ1v) is 12.4. The average Bonchev–Trinajstić information content (AvgIpc) is 3.61. The number of hydrogen-bond donors (Lipinski definition) is 0. The number of rotatable bonds is 11. The molecule has 1 saturated carbocycles. The molecule has 1 aliphatic rings. The number of hydrogen-bond acceptors (Lipinski definition) is 3. The van der Waals surface area contributed by atoms with Crippen LogP contribution in [0.1, 0.15) is 48.3 Å². The van der Waals surface area contributed by atoms with E-state index in [0.717, 1.165) is 25.1 Å². The zero-order valence-electron chi connectivity index (χ0n) is 20.9. The third kappa shape index (κ3) is 6.53. The molecule has 6 heteroatoms. The van der Waals surface area contributed by atoms with E-state index < -0.39 is 0 Å². The van der Waals surface area contributed by atoms with Crippen molar-refractivity contribution < 1.29 is 14.3 Å². The van der Waals surface area contributed by atoms with Crippen LogP contribution < -0.4 is 4.74 Å². The Hall–Kier alpha value is -3.54. The molecule has 0 unspecified atom stereocenters. The van der Waals surface area contributed by atoms with Crippen LogP contribution in [0.15, 0.2) is 72.9 Å². The van der Waals surface area contributed by atoms with Crippen LogP contribution >= 0.6 is 0 Å². The molecule has 1 aliphatic carbocycles. The van der Waals surface area contributed by atoms with Crippen molar-refractivity contribution in [3.8, 4) is 5.75 Å². The third-order valence-electron chi connectivity index (χ3n) is 6.28. The van der Waals surface area contributed by atoms with E-state index in [0.29, 0.717) is 24.4 Å². The highest BCUT2D eigenvalue weighted by molar-refractivity contribution is 5.97. The van der Waals surface area contributed by atoms with Gasteiger partial charge in [0.15, 0.2) is 0 Å². The van der Waals surface area contributed by atoms with Crippen LogP contribution in [0.2, 0.25) is 0 Å². The Bertz CT molecular complexity index is 1130. The number of carbonyl (C=O) groups is 2. The second kappa shape index (κ2) is 11.3. The third-order valence-corrected chi connectivity index (χ3v) is 6.28. The SMILES string of the molecule is COc1cccc(C(=O)N(CC(=O)N(Cc2cccn2Cc2ccccc2)C2CC2)CC(C)C)c1. The van der Waals surface area contributed by atoms with Gasteiger partial charge in [0.05, 0.1) is 13.7 Å². The Kier molecular flexibility index (Phi) is 7.91. The average molecular weight is 474 g/mol. The van der Waals surface area contributed by atoms with Gasteiger partial charge in [-0.1, -0.05) is 50.2 Å². The minimum Gasteiger partial charge on any atom is -0.497 e. The van der Waals surface area contributed by atoms with Crippen LogP contribution in [0.25, 0.3) is 0 Å². The molecule has 0 spiro atoms. The van der Waals surface area contributed by atoms with Crippen LogP contribution in [0.4, 0.5) is 0 Å². The molecular formula is C29H35N3O3. The van der Waals surface area contributed by atoms with Crippen LogP contribution in [-0.4, -0.2) is 52.4 Å². The summed E-state index contributed by atoms with van der Waals surface area (Å²) >= 11 is 0. The molecule has 0 atom stereocenters. The van der Waals surface area contributed by atoms with Gasteiger partial charge in [-0.3, -0.25) is 9.59 Å². The first-order chi connectivity index (χ1) is 16.9. The van der Waals surface area contributed by atoms with Crippen molar-refractivity contribution >= 4 is 11.8 Å². The van der Waals surface area contributed by atoms with Crippen molar-refractivity contribution in [1.82, 2.24) is 14.4 Å². The Labute approximate surface area is 208 Å². The maximum absolute atomic E-state index is 13.6. The molecular weight excluding hydrogens is 438 g/mol. The van der Waals surface area contributed by atoms with E-state index in [1.165, 1.54) is 5.56 Å². The maximum Gasteiger partial charge on any atom is 0.254 e. The van der Waals surface area contributed by atoms with E-state index in [2.05, 4.69) is 42.8 Å². The highest BCUT2D eigenvalue weighted by atomic mass is 16.5. The fourth-order valence-electron chi connectivity index (χ4n) is 4.36. The van der Waals surface area contributed by atoms with E-state index in [4.69, 9.17) is 4.74 Å². The van der Waals surface area contributed by atoms with Crippen LogP contribution in [-0.2, 0) is 17.9 Å². The molecule has 1 aromatic heterocycles. The highest BCUT2D eigenvalue weighted by Crippen LogP contribution is 2.29. The minimum atomic E-state index is -0.144. The van der Waals surface area contributed by atoms with Gasteiger partial charge in [0.1, 0.15) is 12.3 Å². The Morgan fingerprint density at radius 3 is 2.49 bits per heavy atom. The highest BCUT2D eigenvalue weighted by Gasteiger charge is 2.34.